The zero-order valence-corrected chi connectivity index (χ0v) is 10.7. The van der Waals surface area contributed by atoms with Gasteiger partial charge in [-0.3, -0.25) is 14.6 Å². The van der Waals surface area contributed by atoms with Gasteiger partial charge in [-0.2, -0.15) is 0 Å². The Hall–Kier alpha value is -2.11. The number of amides is 2. The fourth-order valence-electron chi connectivity index (χ4n) is 1.30. The fraction of sp³-hybridized carbons (Fsp3) is 0.417. The van der Waals surface area contributed by atoms with E-state index in [0.717, 1.165) is 0 Å². The number of nitrogens with zero attached hydrogens (tertiary/aromatic N) is 1. The molecule has 0 unspecified atom stereocenters. The molecular formula is C12H17N3O3. The minimum Gasteiger partial charge on any atom is -0.505 e. The van der Waals surface area contributed by atoms with Crippen LogP contribution in [0.3, 0.4) is 0 Å². The summed E-state index contributed by atoms with van der Waals surface area (Å²) in [7, 11) is 0. The zero-order valence-electron chi connectivity index (χ0n) is 10.7. The van der Waals surface area contributed by atoms with Gasteiger partial charge in [-0.1, -0.05) is 0 Å². The quantitative estimate of drug-likeness (QED) is 0.726. The van der Waals surface area contributed by atoms with Gasteiger partial charge >= 0.3 is 0 Å². The van der Waals surface area contributed by atoms with Gasteiger partial charge in [0.05, 0.1) is 18.3 Å². The largest absolute Gasteiger partial charge is 0.505 e. The minimum atomic E-state index is -0.515. The summed E-state index contributed by atoms with van der Waals surface area (Å²) in [5, 5.41) is 14.5. The molecule has 0 aliphatic rings. The van der Waals surface area contributed by atoms with Crippen molar-refractivity contribution in [1.82, 2.24) is 15.6 Å². The zero-order chi connectivity index (χ0) is 13.8. The number of carbonyl (C=O) groups is 2. The summed E-state index contributed by atoms with van der Waals surface area (Å²) in [6, 6.07) is 1.38. The number of nitrogens with one attached hydrogen (secondary N) is 2. The number of carbonyl (C=O) groups excluding carboxylic acids is 2. The maximum atomic E-state index is 11.7. The second kappa shape index (κ2) is 5.48. The highest BCUT2D eigenvalue weighted by Crippen LogP contribution is 2.12. The van der Waals surface area contributed by atoms with E-state index in [0.29, 0.717) is 0 Å². The molecule has 2 amide bonds. The van der Waals surface area contributed by atoms with Gasteiger partial charge in [0, 0.05) is 11.7 Å². The van der Waals surface area contributed by atoms with Crippen LogP contribution >= 0.6 is 0 Å². The Morgan fingerprint density at radius 3 is 2.61 bits per heavy atom. The Morgan fingerprint density at radius 1 is 1.39 bits per heavy atom. The second-order valence-corrected chi connectivity index (χ2v) is 4.87. The number of aromatic nitrogens is 1. The lowest BCUT2D eigenvalue weighted by Gasteiger charge is -2.20. The molecule has 0 saturated heterocycles. The van der Waals surface area contributed by atoms with Crippen molar-refractivity contribution >= 4 is 11.8 Å². The van der Waals surface area contributed by atoms with Crippen molar-refractivity contribution < 1.29 is 14.7 Å². The van der Waals surface area contributed by atoms with E-state index in [-0.39, 0.29) is 29.3 Å². The predicted molar refractivity (Wildman–Crippen MR) is 66.1 cm³/mol. The maximum Gasteiger partial charge on any atom is 0.255 e. The highest BCUT2D eigenvalue weighted by Gasteiger charge is 2.15. The van der Waals surface area contributed by atoms with Crippen LogP contribution in [0.15, 0.2) is 18.5 Å². The van der Waals surface area contributed by atoms with Gasteiger partial charge in [0.25, 0.3) is 5.91 Å². The van der Waals surface area contributed by atoms with Crippen molar-refractivity contribution in [3.8, 4) is 5.75 Å². The first-order valence-electron chi connectivity index (χ1n) is 5.52. The SMILES string of the molecule is CC(C)(C)NC(=O)CNC(=O)c1ccncc1O. The number of pyridine rings is 1. The van der Waals surface area contributed by atoms with E-state index >= 15 is 0 Å². The van der Waals surface area contributed by atoms with E-state index in [1.165, 1.54) is 18.5 Å². The van der Waals surface area contributed by atoms with Crippen LogP contribution in [0, 0.1) is 0 Å². The van der Waals surface area contributed by atoms with E-state index in [2.05, 4.69) is 15.6 Å². The molecular weight excluding hydrogens is 234 g/mol. The number of hydrogen-bond acceptors (Lipinski definition) is 4. The summed E-state index contributed by atoms with van der Waals surface area (Å²) in [5.41, 5.74) is -0.255. The predicted octanol–water partition coefficient (Wildman–Crippen LogP) is 0.432. The van der Waals surface area contributed by atoms with Crippen molar-refractivity contribution in [2.45, 2.75) is 26.3 Å². The molecule has 1 rings (SSSR count). The highest BCUT2D eigenvalue weighted by atomic mass is 16.3. The van der Waals surface area contributed by atoms with Crippen LogP contribution in [-0.2, 0) is 4.79 Å². The molecule has 0 spiro atoms. The van der Waals surface area contributed by atoms with Crippen molar-refractivity contribution in [3.05, 3.63) is 24.0 Å². The van der Waals surface area contributed by atoms with Gasteiger partial charge in [-0.15, -0.1) is 0 Å². The maximum absolute atomic E-state index is 11.7. The Balaban J connectivity index is 2.52. The van der Waals surface area contributed by atoms with E-state index in [4.69, 9.17) is 0 Å². The summed E-state index contributed by atoms with van der Waals surface area (Å²) in [6.07, 6.45) is 2.56. The average molecular weight is 251 g/mol. The molecule has 0 radical (unpaired) electrons. The molecule has 6 nitrogen and oxygen atoms in total. The number of rotatable bonds is 3. The van der Waals surface area contributed by atoms with Gasteiger partial charge in [-0.25, -0.2) is 0 Å². The van der Waals surface area contributed by atoms with Gasteiger partial charge in [0.1, 0.15) is 5.75 Å². The lowest BCUT2D eigenvalue weighted by atomic mass is 10.1. The standard InChI is InChI=1S/C12H17N3O3/c1-12(2,3)15-10(17)7-14-11(18)8-4-5-13-6-9(8)16/h4-6,16H,7H2,1-3H3,(H,14,18)(H,15,17). The third kappa shape index (κ3) is 4.40. The normalized spacial score (nSPS) is 10.8. The molecule has 1 aromatic rings. The summed E-state index contributed by atoms with van der Waals surface area (Å²) in [4.78, 5) is 26.8. The van der Waals surface area contributed by atoms with Gasteiger partial charge in [0.2, 0.25) is 5.91 Å². The lowest BCUT2D eigenvalue weighted by Crippen LogP contribution is -2.45. The van der Waals surface area contributed by atoms with E-state index in [1.807, 2.05) is 20.8 Å². The number of aromatic hydroxyl groups is 1. The van der Waals surface area contributed by atoms with Crippen molar-refractivity contribution in [2.75, 3.05) is 6.54 Å². The van der Waals surface area contributed by atoms with Crippen LogP contribution in [0.5, 0.6) is 5.75 Å². The van der Waals surface area contributed by atoms with Crippen molar-refractivity contribution in [3.63, 3.8) is 0 Å². The van der Waals surface area contributed by atoms with E-state index in [9.17, 15) is 14.7 Å². The molecule has 6 heteroatoms. The average Bonchev–Trinajstić information content (AvgIpc) is 2.24. The molecule has 1 aromatic heterocycles. The van der Waals surface area contributed by atoms with Gasteiger partial charge in [-0.05, 0) is 26.8 Å². The van der Waals surface area contributed by atoms with Gasteiger partial charge in [0.15, 0.2) is 0 Å². The van der Waals surface area contributed by atoms with Gasteiger partial charge < -0.3 is 15.7 Å². The van der Waals surface area contributed by atoms with Crippen molar-refractivity contribution in [2.24, 2.45) is 0 Å². The molecule has 0 bridgehead atoms. The van der Waals surface area contributed by atoms with Crippen LogP contribution in [0.4, 0.5) is 0 Å². The Labute approximate surface area is 105 Å². The smallest absolute Gasteiger partial charge is 0.255 e. The molecule has 0 atom stereocenters. The van der Waals surface area contributed by atoms with Crippen molar-refractivity contribution in [1.29, 1.82) is 0 Å². The number of hydrogen-bond donors (Lipinski definition) is 3. The molecule has 3 N–H and O–H groups in total. The van der Waals surface area contributed by atoms with E-state index < -0.39 is 5.91 Å². The topological polar surface area (TPSA) is 91.3 Å². The van der Waals surface area contributed by atoms with Crippen LogP contribution in [0.2, 0.25) is 0 Å². The molecule has 0 fully saturated rings. The van der Waals surface area contributed by atoms with Crippen LogP contribution in [0.25, 0.3) is 0 Å². The molecule has 98 valence electrons. The first-order valence-corrected chi connectivity index (χ1v) is 5.52. The third-order valence-corrected chi connectivity index (χ3v) is 1.97. The first-order chi connectivity index (χ1) is 8.29. The third-order valence-electron chi connectivity index (χ3n) is 1.97. The summed E-state index contributed by atoms with van der Waals surface area (Å²) >= 11 is 0. The summed E-state index contributed by atoms with van der Waals surface area (Å²) in [6.45, 7) is 5.40. The van der Waals surface area contributed by atoms with E-state index in [1.54, 1.807) is 0 Å². The second-order valence-electron chi connectivity index (χ2n) is 4.87. The summed E-state index contributed by atoms with van der Waals surface area (Å²) < 4.78 is 0. The van der Waals surface area contributed by atoms with Crippen LogP contribution < -0.4 is 10.6 Å². The molecule has 18 heavy (non-hydrogen) atoms. The highest BCUT2D eigenvalue weighted by molar-refractivity contribution is 5.98. The minimum absolute atomic E-state index is 0.0913. The van der Waals surface area contributed by atoms with Crippen LogP contribution in [0.1, 0.15) is 31.1 Å². The molecule has 0 aromatic carbocycles. The Morgan fingerprint density at radius 2 is 2.06 bits per heavy atom. The Bertz CT molecular complexity index is 452. The first kappa shape index (κ1) is 14.0. The Kier molecular flexibility index (Phi) is 4.25. The fourth-order valence-corrected chi connectivity index (χ4v) is 1.30. The molecule has 0 aliphatic heterocycles. The molecule has 0 saturated carbocycles. The molecule has 0 aliphatic carbocycles. The van der Waals surface area contributed by atoms with Crippen LogP contribution in [-0.4, -0.2) is 34.0 Å². The summed E-state index contributed by atoms with van der Waals surface area (Å²) in [5.74, 6) is -1.02. The molecule has 1 heterocycles. The lowest BCUT2D eigenvalue weighted by molar-refractivity contribution is -0.121. The monoisotopic (exact) mass is 251 g/mol.